The number of anilines is 1. The third-order valence-corrected chi connectivity index (χ3v) is 5.24. The molecule has 2 aromatic rings. The van der Waals surface area contributed by atoms with Crippen molar-refractivity contribution in [1.29, 1.82) is 0 Å². The number of nitrogens with zero attached hydrogens (tertiary/aromatic N) is 1. The fourth-order valence-electron chi connectivity index (χ4n) is 2.67. The second kappa shape index (κ2) is 5.33. The molecule has 2 heterocycles. The summed E-state index contributed by atoms with van der Waals surface area (Å²) in [5.74, 6) is 0. The molecule has 1 N–H and O–H groups in total. The summed E-state index contributed by atoms with van der Waals surface area (Å²) in [6.07, 6.45) is 7.10. The van der Waals surface area contributed by atoms with Crippen LogP contribution in [0.15, 0.2) is 24.4 Å². The van der Waals surface area contributed by atoms with E-state index in [1.54, 1.807) is 10.4 Å². The van der Waals surface area contributed by atoms with E-state index in [0.29, 0.717) is 6.04 Å². The smallest absolute Gasteiger partial charge is 0.0603 e. The number of hydrogen-bond acceptors (Lipinski definition) is 3. The zero-order chi connectivity index (χ0) is 13.2. The SMILES string of the molecule is Cc1ncccc1NC(C)c1cc2c(s1)CCCC2. The fraction of sp³-hybridized carbons (Fsp3) is 0.438. The Bertz CT molecular complexity index is 550. The zero-order valence-electron chi connectivity index (χ0n) is 11.6. The van der Waals surface area contributed by atoms with Crippen molar-refractivity contribution in [1.82, 2.24) is 4.98 Å². The molecule has 0 saturated carbocycles. The number of rotatable bonds is 3. The largest absolute Gasteiger partial charge is 0.376 e. The summed E-state index contributed by atoms with van der Waals surface area (Å²) < 4.78 is 0. The molecule has 100 valence electrons. The number of aromatic nitrogens is 1. The van der Waals surface area contributed by atoms with E-state index in [9.17, 15) is 0 Å². The van der Waals surface area contributed by atoms with Crippen molar-refractivity contribution in [2.45, 2.75) is 45.6 Å². The summed E-state index contributed by atoms with van der Waals surface area (Å²) in [7, 11) is 0. The average Bonchev–Trinajstić information content (AvgIpc) is 2.85. The van der Waals surface area contributed by atoms with Gasteiger partial charge in [-0.1, -0.05) is 0 Å². The van der Waals surface area contributed by atoms with Gasteiger partial charge in [0, 0.05) is 16.0 Å². The quantitative estimate of drug-likeness (QED) is 0.889. The van der Waals surface area contributed by atoms with Crippen LogP contribution in [-0.4, -0.2) is 4.98 Å². The first kappa shape index (κ1) is 12.7. The molecule has 1 aliphatic rings. The molecule has 2 aromatic heterocycles. The number of pyridine rings is 1. The lowest BCUT2D eigenvalue weighted by molar-refractivity contribution is 0.696. The second-order valence-electron chi connectivity index (χ2n) is 5.31. The molecule has 0 aliphatic heterocycles. The van der Waals surface area contributed by atoms with E-state index < -0.39 is 0 Å². The van der Waals surface area contributed by atoms with E-state index >= 15 is 0 Å². The maximum absolute atomic E-state index is 4.33. The van der Waals surface area contributed by atoms with Gasteiger partial charge in [0.25, 0.3) is 0 Å². The molecular formula is C16H20N2S. The standard InChI is InChI=1S/C16H20N2S/c1-11-14(7-5-9-17-11)18-12(2)16-10-13-6-3-4-8-15(13)19-16/h5,7,9-10,12,18H,3-4,6,8H2,1-2H3. The van der Waals surface area contributed by atoms with Crippen molar-refractivity contribution in [3.05, 3.63) is 45.4 Å². The van der Waals surface area contributed by atoms with Crippen LogP contribution < -0.4 is 5.32 Å². The molecule has 0 fully saturated rings. The summed E-state index contributed by atoms with van der Waals surface area (Å²) in [5, 5.41) is 3.58. The molecule has 0 spiro atoms. The predicted octanol–water partition coefficient (Wildman–Crippen LogP) is 4.50. The van der Waals surface area contributed by atoms with Crippen LogP contribution in [0.4, 0.5) is 5.69 Å². The first-order chi connectivity index (χ1) is 9.24. The Hall–Kier alpha value is -1.35. The van der Waals surface area contributed by atoms with Gasteiger partial charge < -0.3 is 5.32 Å². The monoisotopic (exact) mass is 272 g/mol. The van der Waals surface area contributed by atoms with Crippen molar-refractivity contribution in [3.63, 3.8) is 0 Å². The zero-order valence-corrected chi connectivity index (χ0v) is 12.4. The lowest BCUT2D eigenvalue weighted by Crippen LogP contribution is -2.06. The molecule has 3 rings (SSSR count). The minimum Gasteiger partial charge on any atom is -0.376 e. The van der Waals surface area contributed by atoms with Gasteiger partial charge in [0.2, 0.25) is 0 Å². The summed E-state index contributed by atoms with van der Waals surface area (Å²) in [6.45, 7) is 4.29. The molecule has 1 unspecified atom stereocenters. The van der Waals surface area contributed by atoms with Crippen molar-refractivity contribution in [2.24, 2.45) is 0 Å². The first-order valence-electron chi connectivity index (χ1n) is 7.03. The van der Waals surface area contributed by atoms with Gasteiger partial charge in [-0.25, -0.2) is 0 Å². The Morgan fingerprint density at radius 3 is 2.95 bits per heavy atom. The topological polar surface area (TPSA) is 24.9 Å². The Labute approximate surface area is 118 Å². The van der Waals surface area contributed by atoms with E-state index in [-0.39, 0.29) is 0 Å². The molecule has 2 nitrogen and oxygen atoms in total. The summed E-state index contributed by atoms with van der Waals surface area (Å²) >= 11 is 1.99. The second-order valence-corrected chi connectivity index (χ2v) is 6.48. The van der Waals surface area contributed by atoms with Gasteiger partial charge in [-0.3, -0.25) is 4.98 Å². The number of aryl methyl sites for hydroxylation is 3. The van der Waals surface area contributed by atoms with E-state index in [1.165, 1.54) is 30.6 Å². The van der Waals surface area contributed by atoms with Crippen LogP contribution in [0.25, 0.3) is 0 Å². The van der Waals surface area contributed by atoms with Gasteiger partial charge >= 0.3 is 0 Å². The Kier molecular flexibility index (Phi) is 3.56. The van der Waals surface area contributed by atoms with E-state index in [0.717, 1.165) is 11.4 Å². The highest BCUT2D eigenvalue weighted by molar-refractivity contribution is 7.12. The lowest BCUT2D eigenvalue weighted by Gasteiger charge is -2.15. The van der Waals surface area contributed by atoms with E-state index in [4.69, 9.17) is 0 Å². The normalized spacial score (nSPS) is 15.9. The third kappa shape index (κ3) is 2.66. The molecule has 1 atom stereocenters. The van der Waals surface area contributed by atoms with Crippen molar-refractivity contribution >= 4 is 17.0 Å². The summed E-state index contributed by atoms with van der Waals surface area (Å²) in [6, 6.07) is 6.86. The van der Waals surface area contributed by atoms with Crippen molar-refractivity contribution < 1.29 is 0 Å². The van der Waals surface area contributed by atoms with Crippen LogP contribution in [-0.2, 0) is 12.8 Å². The number of fused-ring (bicyclic) bond motifs is 1. The molecule has 0 radical (unpaired) electrons. The molecule has 3 heteroatoms. The number of hydrogen-bond donors (Lipinski definition) is 1. The molecule has 0 amide bonds. The van der Waals surface area contributed by atoms with Gasteiger partial charge in [-0.2, -0.15) is 0 Å². The third-order valence-electron chi connectivity index (χ3n) is 3.82. The average molecular weight is 272 g/mol. The van der Waals surface area contributed by atoms with Crippen LogP contribution in [0.1, 0.15) is 46.8 Å². The van der Waals surface area contributed by atoms with Gasteiger partial charge in [0.15, 0.2) is 0 Å². The van der Waals surface area contributed by atoms with Crippen LogP contribution in [0.3, 0.4) is 0 Å². The van der Waals surface area contributed by atoms with Crippen LogP contribution >= 0.6 is 11.3 Å². The first-order valence-corrected chi connectivity index (χ1v) is 7.85. The number of nitrogens with one attached hydrogen (secondary N) is 1. The predicted molar refractivity (Wildman–Crippen MR) is 82.0 cm³/mol. The molecule has 0 saturated heterocycles. The highest BCUT2D eigenvalue weighted by Gasteiger charge is 2.16. The Morgan fingerprint density at radius 1 is 1.32 bits per heavy atom. The van der Waals surface area contributed by atoms with Crippen LogP contribution in [0.2, 0.25) is 0 Å². The molecule has 1 aliphatic carbocycles. The van der Waals surface area contributed by atoms with E-state index in [2.05, 4.69) is 36.3 Å². The van der Waals surface area contributed by atoms with E-state index in [1.807, 2.05) is 23.6 Å². The van der Waals surface area contributed by atoms with Crippen molar-refractivity contribution in [2.75, 3.05) is 5.32 Å². The lowest BCUT2D eigenvalue weighted by atomic mass is 9.99. The highest BCUT2D eigenvalue weighted by Crippen LogP contribution is 2.34. The van der Waals surface area contributed by atoms with Crippen molar-refractivity contribution in [3.8, 4) is 0 Å². The summed E-state index contributed by atoms with van der Waals surface area (Å²) in [4.78, 5) is 7.39. The maximum atomic E-state index is 4.33. The molecular weight excluding hydrogens is 252 g/mol. The molecule has 0 aromatic carbocycles. The summed E-state index contributed by atoms with van der Waals surface area (Å²) in [5.41, 5.74) is 3.79. The fourth-order valence-corrected chi connectivity index (χ4v) is 3.93. The van der Waals surface area contributed by atoms with Gasteiger partial charge in [0.05, 0.1) is 17.4 Å². The highest BCUT2D eigenvalue weighted by atomic mass is 32.1. The minimum absolute atomic E-state index is 0.360. The van der Waals surface area contributed by atoms with Gasteiger partial charge in [-0.15, -0.1) is 11.3 Å². The van der Waals surface area contributed by atoms with Gasteiger partial charge in [0.1, 0.15) is 0 Å². The minimum atomic E-state index is 0.360. The van der Waals surface area contributed by atoms with Crippen LogP contribution in [0, 0.1) is 6.92 Å². The Morgan fingerprint density at radius 2 is 2.16 bits per heavy atom. The van der Waals surface area contributed by atoms with Crippen LogP contribution in [0.5, 0.6) is 0 Å². The van der Waals surface area contributed by atoms with Gasteiger partial charge in [-0.05, 0) is 63.3 Å². The number of thiophene rings is 1. The maximum Gasteiger partial charge on any atom is 0.0603 e. The molecule has 0 bridgehead atoms. The Balaban J connectivity index is 1.79. The molecule has 19 heavy (non-hydrogen) atoms.